The number of aromatic carboxylic acids is 1. The third-order valence-electron chi connectivity index (χ3n) is 3.54. The molecule has 1 aliphatic rings. The zero-order chi connectivity index (χ0) is 13.9. The fraction of sp³-hybridized carbons (Fsp3) is 0.615. The average Bonchev–Trinajstić information content (AvgIpc) is 2.75. The van der Waals surface area contributed by atoms with E-state index in [1.54, 1.807) is 0 Å². The van der Waals surface area contributed by atoms with E-state index in [9.17, 15) is 9.90 Å². The molecule has 2 N–H and O–H groups in total. The molecule has 0 saturated heterocycles. The van der Waals surface area contributed by atoms with E-state index >= 15 is 0 Å². The topological polar surface area (TPSA) is 86.6 Å². The molecule has 1 aromatic rings. The van der Waals surface area contributed by atoms with Crippen LogP contribution in [0.1, 0.15) is 41.7 Å². The minimum Gasteiger partial charge on any atom is -0.478 e. The van der Waals surface area contributed by atoms with Gasteiger partial charge in [-0.1, -0.05) is 12.8 Å². The van der Waals surface area contributed by atoms with Crippen molar-refractivity contribution in [2.75, 3.05) is 13.6 Å². The molecule has 19 heavy (non-hydrogen) atoms. The Balaban J connectivity index is 2.02. The van der Waals surface area contributed by atoms with Crippen molar-refractivity contribution in [3.8, 4) is 0 Å². The quantitative estimate of drug-likeness (QED) is 0.823. The lowest BCUT2D eigenvalue weighted by Crippen LogP contribution is -2.39. The van der Waals surface area contributed by atoms with Crippen molar-refractivity contribution < 1.29 is 15.0 Å². The zero-order valence-electron chi connectivity index (χ0n) is 11.0. The van der Waals surface area contributed by atoms with Crippen LogP contribution < -0.4 is 0 Å². The molecule has 0 aliphatic heterocycles. The predicted molar refractivity (Wildman–Crippen MR) is 68.7 cm³/mol. The summed E-state index contributed by atoms with van der Waals surface area (Å²) < 4.78 is 0. The third-order valence-corrected chi connectivity index (χ3v) is 3.54. The Morgan fingerprint density at radius 1 is 1.47 bits per heavy atom. The summed E-state index contributed by atoms with van der Waals surface area (Å²) in [5, 5.41) is 19.4. The highest BCUT2D eigenvalue weighted by Gasteiger charge is 2.32. The fourth-order valence-corrected chi connectivity index (χ4v) is 2.66. The molecular formula is C13H19N3O3. The molecule has 0 bridgehead atoms. The van der Waals surface area contributed by atoms with Gasteiger partial charge in [-0.2, -0.15) is 0 Å². The number of aliphatic hydroxyl groups is 1. The lowest BCUT2D eigenvalue weighted by atomic mass is 10.0. The van der Waals surface area contributed by atoms with Crippen LogP contribution in [-0.4, -0.2) is 50.2 Å². The first kappa shape index (κ1) is 13.9. The standard InChI is InChI=1S/C13H19N3O3/c1-16(8-13(19)4-2-3-5-13)7-11-10(12(17)18)6-14-9-15-11/h6,9,19H,2-5,7-8H2,1H3,(H,17,18). The second-order valence-corrected chi connectivity index (χ2v) is 5.29. The molecule has 104 valence electrons. The summed E-state index contributed by atoms with van der Waals surface area (Å²) in [6.07, 6.45) is 6.39. The molecule has 0 radical (unpaired) electrons. The Morgan fingerprint density at radius 3 is 2.79 bits per heavy atom. The van der Waals surface area contributed by atoms with Crippen molar-refractivity contribution >= 4 is 5.97 Å². The van der Waals surface area contributed by atoms with Crippen molar-refractivity contribution in [2.24, 2.45) is 0 Å². The van der Waals surface area contributed by atoms with Gasteiger partial charge in [-0.3, -0.25) is 4.90 Å². The highest BCUT2D eigenvalue weighted by atomic mass is 16.4. The molecule has 1 fully saturated rings. The number of carboxylic acids is 1. The van der Waals surface area contributed by atoms with Crippen LogP contribution in [0.2, 0.25) is 0 Å². The van der Waals surface area contributed by atoms with Gasteiger partial charge >= 0.3 is 5.97 Å². The number of likely N-dealkylation sites (N-methyl/N-ethyl adjacent to an activating group) is 1. The highest BCUT2D eigenvalue weighted by molar-refractivity contribution is 5.88. The summed E-state index contributed by atoms with van der Waals surface area (Å²) >= 11 is 0. The van der Waals surface area contributed by atoms with E-state index in [1.165, 1.54) is 12.5 Å². The molecule has 1 saturated carbocycles. The maximum absolute atomic E-state index is 11.1. The molecule has 6 heteroatoms. The van der Waals surface area contributed by atoms with E-state index in [0.29, 0.717) is 18.8 Å². The van der Waals surface area contributed by atoms with Gasteiger partial charge in [0.2, 0.25) is 0 Å². The summed E-state index contributed by atoms with van der Waals surface area (Å²) in [6, 6.07) is 0. The maximum atomic E-state index is 11.1. The van der Waals surface area contributed by atoms with Gasteiger partial charge < -0.3 is 10.2 Å². The predicted octanol–water partition coefficient (Wildman–Crippen LogP) is 0.912. The van der Waals surface area contributed by atoms with E-state index in [4.69, 9.17) is 5.11 Å². The van der Waals surface area contributed by atoms with E-state index in [2.05, 4.69) is 9.97 Å². The average molecular weight is 265 g/mol. The first-order valence-electron chi connectivity index (χ1n) is 6.43. The Labute approximate surface area is 112 Å². The van der Waals surface area contributed by atoms with E-state index in [0.717, 1.165) is 25.7 Å². The van der Waals surface area contributed by atoms with Crippen LogP contribution in [0.5, 0.6) is 0 Å². The van der Waals surface area contributed by atoms with Crippen LogP contribution in [0.15, 0.2) is 12.5 Å². The van der Waals surface area contributed by atoms with Gasteiger partial charge in [-0.05, 0) is 19.9 Å². The van der Waals surface area contributed by atoms with Gasteiger partial charge in [-0.25, -0.2) is 14.8 Å². The summed E-state index contributed by atoms with van der Waals surface area (Å²) in [5.41, 5.74) is -0.0371. The molecule has 0 spiro atoms. The molecule has 0 unspecified atom stereocenters. The molecule has 1 heterocycles. The summed E-state index contributed by atoms with van der Waals surface area (Å²) in [6.45, 7) is 0.933. The highest BCUT2D eigenvalue weighted by Crippen LogP contribution is 2.30. The van der Waals surface area contributed by atoms with Crippen molar-refractivity contribution in [2.45, 2.75) is 37.8 Å². The molecule has 2 rings (SSSR count). The zero-order valence-corrected chi connectivity index (χ0v) is 11.0. The summed E-state index contributed by atoms with van der Waals surface area (Å²) in [7, 11) is 1.87. The smallest absolute Gasteiger partial charge is 0.339 e. The molecule has 1 aromatic heterocycles. The van der Waals surface area contributed by atoms with Gasteiger partial charge in [0, 0.05) is 19.3 Å². The lowest BCUT2D eigenvalue weighted by Gasteiger charge is -2.28. The van der Waals surface area contributed by atoms with Crippen LogP contribution in [0.25, 0.3) is 0 Å². The van der Waals surface area contributed by atoms with Gasteiger partial charge in [-0.15, -0.1) is 0 Å². The number of rotatable bonds is 5. The van der Waals surface area contributed by atoms with Crippen LogP contribution in [0.3, 0.4) is 0 Å². The first-order valence-corrected chi connectivity index (χ1v) is 6.43. The number of hydrogen-bond acceptors (Lipinski definition) is 5. The second kappa shape index (κ2) is 5.63. The molecular weight excluding hydrogens is 246 g/mol. The number of carboxylic acid groups (broad SMARTS) is 1. The number of nitrogens with zero attached hydrogens (tertiary/aromatic N) is 3. The SMILES string of the molecule is CN(Cc1ncncc1C(=O)O)CC1(O)CCCC1. The second-order valence-electron chi connectivity index (χ2n) is 5.29. The lowest BCUT2D eigenvalue weighted by molar-refractivity contribution is 0.0142. The van der Waals surface area contributed by atoms with Crippen molar-refractivity contribution in [3.05, 3.63) is 23.8 Å². The van der Waals surface area contributed by atoms with Crippen LogP contribution in [0, 0.1) is 0 Å². The molecule has 1 aliphatic carbocycles. The Morgan fingerprint density at radius 2 is 2.16 bits per heavy atom. The summed E-state index contributed by atoms with van der Waals surface area (Å²) in [5.74, 6) is -1.02. The molecule has 0 amide bonds. The van der Waals surface area contributed by atoms with Crippen molar-refractivity contribution in [1.82, 2.24) is 14.9 Å². The van der Waals surface area contributed by atoms with Gasteiger partial charge in [0.05, 0.1) is 11.3 Å². The van der Waals surface area contributed by atoms with Crippen molar-refractivity contribution in [3.63, 3.8) is 0 Å². The Hall–Kier alpha value is -1.53. The minimum atomic E-state index is -1.02. The number of hydrogen-bond donors (Lipinski definition) is 2. The van der Waals surface area contributed by atoms with Gasteiger partial charge in [0.15, 0.2) is 0 Å². The number of carbonyl (C=O) groups is 1. The Kier molecular flexibility index (Phi) is 4.11. The monoisotopic (exact) mass is 265 g/mol. The number of aromatic nitrogens is 2. The normalized spacial score (nSPS) is 17.8. The van der Waals surface area contributed by atoms with E-state index in [-0.39, 0.29) is 5.56 Å². The third kappa shape index (κ3) is 3.48. The maximum Gasteiger partial charge on any atom is 0.339 e. The molecule has 6 nitrogen and oxygen atoms in total. The molecule has 0 aromatic carbocycles. The van der Waals surface area contributed by atoms with Gasteiger partial charge in [0.1, 0.15) is 11.9 Å². The summed E-state index contributed by atoms with van der Waals surface area (Å²) in [4.78, 5) is 20.7. The van der Waals surface area contributed by atoms with E-state index in [1.807, 2.05) is 11.9 Å². The Bertz CT molecular complexity index is 458. The fourth-order valence-electron chi connectivity index (χ4n) is 2.66. The van der Waals surface area contributed by atoms with E-state index < -0.39 is 11.6 Å². The van der Waals surface area contributed by atoms with Crippen LogP contribution in [0.4, 0.5) is 0 Å². The first-order chi connectivity index (χ1) is 9.00. The van der Waals surface area contributed by atoms with Crippen LogP contribution in [-0.2, 0) is 6.54 Å². The van der Waals surface area contributed by atoms with Gasteiger partial charge in [0.25, 0.3) is 0 Å². The largest absolute Gasteiger partial charge is 0.478 e. The van der Waals surface area contributed by atoms with Crippen molar-refractivity contribution in [1.29, 1.82) is 0 Å². The van der Waals surface area contributed by atoms with Crippen LogP contribution >= 0.6 is 0 Å². The molecule has 0 atom stereocenters. The minimum absolute atomic E-state index is 0.118.